The third-order valence-electron chi connectivity index (χ3n) is 2.96. The van der Waals surface area contributed by atoms with E-state index < -0.39 is 6.10 Å². The van der Waals surface area contributed by atoms with Crippen LogP contribution in [0.5, 0.6) is 0 Å². The molecule has 0 aliphatic carbocycles. The van der Waals surface area contributed by atoms with E-state index in [1.807, 2.05) is 36.1 Å². The van der Waals surface area contributed by atoms with Crippen molar-refractivity contribution in [3.05, 3.63) is 29.8 Å². The Kier molecular flexibility index (Phi) is 5.83. The van der Waals surface area contributed by atoms with Gasteiger partial charge in [-0.2, -0.15) is 0 Å². The van der Waals surface area contributed by atoms with Crippen LogP contribution in [0.4, 0.5) is 5.69 Å². The molecule has 19 heavy (non-hydrogen) atoms. The van der Waals surface area contributed by atoms with Crippen molar-refractivity contribution >= 4 is 11.6 Å². The summed E-state index contributed by atoms with van der Waals surface area (Å²) in [5.41, 5.74) is 7.07. The summed E-state index contributed by atoms with van der Waals surface area (Å²) in [6, 6.07) is 7.64. The minimum atomic E-state index is -0.515. The maximum Gasteiger partial charge on any atom is 0.236 e. The van der Waals surface area contributed by atoms with Gasteiger partial charge in [-0.1, -0.05) is 39.0 Å². The van der Waals surface area contributed by atoms with E-state index in [1.54, 1.807) is 0 Å². The quantitative estimate of drug-likeness (QED) is 0.792. The molecule has 0 saturated carbocycles. The topological polar surface area (TPSA) is 66.6 Å². The maximum atomic E-state index is 11.2. The lowest BCUT2D eigenvalue weighted by Crippen LogP contribution is -2.37. The number of para-hydroxylation sites is 1. The van der Waals surface area contributed by atoms with Gasteiger partial charge in [0.25, 0.3) is 0 Å². The maximum absolute atomic E-state index is 11.2. The van der Waals surface area contributed by atoms with Crippen LogP contribution in [-0.4, -0.2) is 24.1 Å². The predicted molar refractivity (Wildman–Crippen MR) is 77.9 cm³/mol. The molecule has 0 unspecified atom stereocenters. The van der Waals surface area contributed by atoms with E-state index in [0.717, 1.165) is 17.8 Å². The van der Waals surface area contributed by atoms with Gasteiger partial charge in [-0.25, -0.2) is 0 Å². The summed E-state index contributed by atoms with van der Waals surface area (Å²) in [6.07, 6.45) is 0.127. The zero-order valence-electron chi connectivity index (χ0n) is 12.0. The highest BCUT2D eigenvalue weighted by Crippen LogP contribution is 2.28. The van der Waals surface area contributed by atoms with Crippen molar-refractivity contribution in [1.29, 1.82) is 0 Å². The molecule has 0 aromatic heterocycles. The molecule has 1 rings (SSSR count). The SMILES string of the molecule is CC[C@@H](O)c1ccccc1N(CC(N)=O)CC(C)C. The van der Waals surface area contributed by atoms with E-state index in [0.29, 0.717) is 12.3 Å². The number of primary amides is 1. The first-order valence-corrected chi connectivity index (χ1v) is 6.75. The number of hydrogen-bond donors (Lipinski definition) is 2. The summed E-state index contributed by atoms with van der Waals surface area (Å²) in [4.78, 5) is 13.2. The number of carbonyl (C=O) groups is 1. The van der Waals surface area contributed by atoms with Crippen LogP contribution in [0.1, 0.15) is 38.9 Å². The minimum absolute atomic E-state index is 0.172. The molecule has 1 atom stereocenters. The Morgan fingerprint density at radius 3 is 2.53 bits per heavy atom. The Morgan fingerprint density at radius 1 is 1.37 bits per heavy atom. The van der Waals surface area contributed by atoms with Crippen molar-refractivity contribution in [3.8, 4) is 0 Å². The van der Waals surface area contributed by atoms with Crippen molar-refractivity contribution in [1.82, 2.24) is 0 Å². The van der Waals surface area contributed by atoms with Crippen LogP contribution in [0.3, 0.4) is 0 Å². The molecule has 0 aliphatic heterocycles. The van der Waals surface area contributed by atoms with Gasteiger partial charge in [0.05, 0.1) is 12.6 Å². The van der Waals surface area contributed by atoms with Gasteiger partial charge in [-0.3, -0.25) is 4.79 Å². The Balaban J connectivity index is 3.09. The average molecular weight is 264 g/mol. The highest BCUT2D eigenvalue weighted by Gasteiger charge is 2.17. The summed E-state index contributed by atoms with van der Waals surface area (Å²) in [5, 5.41) is 10.1. The smallest absolute Gasteiger partial charge is 0.236 e. The molecule has 0 bridgehead atoms. The molecule has 0 aliphatic rings. The fraction of sp³-hybridized carbons (Fsp3) is 0.533. The summed E-state index contributed by atoms with van der Waals surface area (Å²) in [6.45, 7) is 7.02. The standard InChI is InChI=1S/C15H24N2O2/c1-4-14(18)12-7-5-6-8-13(12)17(9-11(2)3)10-15(16)19/h5-8,11,14,18H,4,9-10H2,1-3H3,(H2,16,19)/t14-/m1/s1. The molecule has 1 amide bonds. The van der Waals surface area contributed by atoms with Gasteiger partial charge in [0, 0.05) is 17.8 Å². The number of amides is 1. The summed E-state index contributed by atoms with van der Waals surface area (Å²) >= 11 is 0. The molecule has 0 radical (unpaired) electrons. The molecular weight excluding hydrogens is 240 g/mol. The third kappa shape index (κ3) is 4.56. The second-order valence-corrected chi connectivity index (χ2v) is 5.22. The molecule has 0 spiro atoms. The van der Waals surface area contributed by atoms with E-state index in [2.05, 4.69) is 13.8 Å². The fourth-order valence-electron chi connectivity index (χ4n) is 2.15. The van der Waals surface area contributed by atoms with E-state index in [4.69, 9.17) is 5.73 Å². The predicted octanol–water partition coefficient (Wildman–Crippen LogP) is 2.08. The Morgan fingerprint density at radius 2 is 2.00 bits per heavy atom. The van der Waals surface area contributed by atoms with Gasteiger partial charge in [-0.05, 0) is 18.4 Å². The Labute approximate surface area is 115 Å². The second-order valence-electron chi connectivity index (χ2n) is 5.22. The number of hydrogen-bond acceptors (Lipinski definition) is 3. The number of aliphatic hydroxyl groups excluding tert-OH is 1. The van der Waals surface area contributed by atoms with E-state index >= 15 is 0 Å². The van der Waals surface area contributed by atoms with Gasteiger partial charge >= 0.3 is 0 Å². The first kappa shape index (κ1) is 15.5. The van der Waals surface area contributed by atoms with Crippen LogP contribution < -0.4 is 10.6 Å². The van der Waals surface area contributed by atoms with Crippen LogP contribution in [0.25, 0.3) is 0 Å². The monoisotopic (exact) mass is 264 g/mol. The number of nitrogens with two attached hydrogens (primary N) is 1. The Bertz CT molecular complexity index is 418. The molecular formula is C15H24N2O2. The number of benzene rings is 1. The molecule has 106 valence electrons. The zero-order valence-corrected chi connectivity index (χ0v) is 12.0. The first-order chi connectivity index (χ1) is 8.95. The van der Waals surface area contributed by atoms with Crippen molar-refractivity contribution in [2.24, 2.45) is 11.7 Å². The minimum Gasteiger partial charge on any atom is -0.388 e. The Hall–Kier alpha value is -1.55. The molecule has 1 aromatic rings. The molecule has 4 nitrogen and oxygen atoms in total. The lowest BCUT2D eigenvalue weighted by atomic mass is 10.0. The highest BCUT2D eigenvalue weighted by molar-refractivity contribution is 5.80. The van der Waals surface area contributed by atoms with Crippen LogP contribution in [0, 0.1) is 5.92 Å². The molecule has 3 N–H and O–H groups in total. The number of carbonyl (C=O) groups excluding carboxylic acids is 1. The van der Waals surface area contributed by atoms with E-state index in [-0.39, 0.29) is 12.5 Å². The fourth-order valence-corrected chi connectivity index (χ4v) is 2.15. The van der Waals surface area contributed by atoms with Crippen molar-refractivity contribution < 1.29 is 9.90 Å². The summed E-state index contributed by atoms with van der Waals surface area (Å²) in [7, 11) is 0. The largest absolute Gasteiger partial charge is 0.388 e. The second kappa shape index (κ2) is 7.14. The van der Waals surface area contributed by atoms with Gasteiger partial charge in [0.1, 0.15) is 0 Å². The molecule has 0 saturated heterocycles. The van der Waals surface area contributed by atoms with E-state index in [9.17, 15) is 9.90 Å². The molecule has 0 heterocycles. The van der Waals surface area contributed by atoms with Gasteiger partial charge in [0.2, 0.25) is 5.91 Å². The van der Waals surface area contributed by atoms with E-state index in [1.165, 1.54) is 0 Å². The highest BCUT2D eigenvalue weighted by atomic mass is 16.3. The first-order valence-electron chi connectivity index (χ1n) is 6.75. The van der Waals surface area contributed by atoms with Crippen LogP contribution in [-0.2, 0) is 4.79 Å². The van der Waals surface area contributed by atoms with Gasteiger partial charge in [-0.15, -0.1) is 0 Å². The molecule has 0 fully saturated rings. The molecule has 4 heteroatoms. The number of rotatable bonds is 7. The van der Waals surface area contributed by atoms with Crippen molar-refractivity contribution in [3.63, 3.8) is 0 Å². The lowest BCUT2D eigenvalue weighted by molar-refractivity contribution is -0.116. The van der Waals surface area contributed by atoms with Gasteiger partial charge in [0.15, 0.2) is 0 Å². The number of anilines is 1. The summed E-state index contributed by atoms with van der Waals surface area (Å²) < 4.78 is 0. The normalized spacial score (nSPS) is 12.5. The number of nitrogens with zero attached hydrogens (tertiary/aromatic N) is 1. The summed E-state index contributed by atoms with van der Waals surface area (Å²) in [5.74, 6) is 0.0487. The lowest BCUT2D eigenvalue weighted by Gasteiger charge is -2.28. The van der Waals surface area contributed by atoms with Crippen LogP contribution >= 0.6 is 0 Å². The number of aliphatic hydroxyl groups is 1. The zero-order chi connectivity index (χ0) is 14.4. The third-order valence-corrected chi connectivity index (χ3v) is 2.96. The molecule has 1 aromatic carbocycles. The van der Waals surface area contributed by atoms with Crippen LogP contribution in [0.15, 0.2) is 24.3 Å². The van der Waals surface area contributed by atoms with Crippen LogP contribution in [0.2, 0.25) is 0 Å². The average Bonchev–Trinajstić information content (AvgIpc) is 2.36. The van der Waals surface area contributed by atoms with Gasteiger partial charge < -0.3 is 15.7 Å². The van der Waals surface area contributed by atoms with Crippen molar-refractivity contribution in [2.75, 3.05) is 18.0 Å². The van der Waals surface area contributed by atoms with Crippen molar-refractivity contribution in [2.45, 2.75) is 33.3 Å².